The molecule has 0 aromatic carbocycles. The van der Waals surface area contributed by atoms with Gasteiger partial charge in [-0.3, -0.25) is 19.3 Å². The molecule has 2 rings (SSSR count). The van der Waals surface area contributed by atoms with E-state index < -0.39 is 11.5 Å². The predicted octanol–water partition coefficient (Wildman–Crippen LogP) is -0.684. The lowest BCUT2D eigenvalue weighted by atomic mass is 9.68. The molecule has 6 nitrogen and oxygen atoms in total. The molecule has 1 atom stereocenters. The number of nitrogens with zero attached hydrogens (tertiary/aromatic N) is 1. The second kappa shape index (κ2) is 4.31. The summed E-state index contributed by atoms with van der Waals surface area (Å²) in [7, 11) is 1.41. The molecule has 1 saturated heterocycles. The van der Waals surface area contributed by atoms with Crippen molar-refractivity contribution in [1.29, 1.82) is 0 Å². The number of imide groups is 1. The molecule has 7 heteroatoms. The number of nitrogens with one attached hydrogen (secondary N) is 1. The van der Waals surface area contributed by atoms with Crippen LogP contribution in [0.3, 0.4) is 0 Å². The van der Waals surface area contributed by atoms with Crippen LogP contribution in [0, 0.1) is 5.41 Å². The van der Waals surface area contributed by atoms with E-state index >= 15 is 0 Å². The highest BCUT2D eigenvalue weighted by Gasteiger charge is 2.49. The maximum Gasteiger partial charge on any atom is 0.252 e. The molecule has 0 aromatic heterocycles. The Bertz CT molecular complexity index is 445. The van der Waals surface area contributed by atoms with Crippen molar-refractivity contribution in [2.75, 3.05) is 7.05 Å². The number of carbonyl (C=O) groups is 3. The van der Waals surface area contributed by atoms with Gasteiger partial charge in [-0.15, -0.1) is 0 Å². The van der Waals surface area contributed by atoms with E-state index in [1.54, 1.807) is 0 Å². The van der Waals surface area contributed by atoms with Crippen LogP contribution >= 0.6 is 12.2 Å². The van der Waals surface area contributed by atoms with E-state index in [0.717, 1.165) is 11.3 Å². The van der Waals surface area contributed by atoms with Crippen LogP contribution in [0.2, 0.25) is 0 Å². The summed E-state index contributed by atoms with van der Waals surface area (Å²) in [6.45, 7) is 0. The van der Waals surface area contributed by atoms with E-state index in [0.29, 0.717) is 12.8 Å². The van der Waals surface area contributed by atoms with E-state index in [1.807, 2.05) is 0 Å². The molecule has 1 saturated carbocycles. The third kappa shape index (κ3) is 1.78. The number of likely N-dealkylation sites (tertiary alicyclic amines) is 1. The maximum atomic E-state index is 12.1. The normalized spacial score (nSPS) is 25.8. The first-order valence-corrected chi connectivity index (χ1v) is 6.20. The van der Waals surface area contributed by atoms with E-state index in [-0.39, 0.29) is 29.1 Å². The lowest BCUT2D eigenvalue weighted by Gasteiger charge is -2.39. The van der Waals surface area contributed by atoms with Crippen LogP contribution < -0.4 is 11.1 Å². The molecule has 0 radical (unpaired) electrons. The Morgan fingerprint density at radius 3 is 2.44 bits per heavy atom. The smallest absolute Gasteiger partial charge is 0.252 e. The molecule has 1 unspecified atom stereocenters. The SMILES string of the molecule is CN1C(=O)CC(NC(=O)C2(C(N)=S)CCC2)C1=O. The lowest BCUT2D eigenvalue weighted by Crippen LogP contribution is -2.56. The first-order chi connectivity index (χ1) is 8.38. The molecule has 98 valence electrons. The van der Waals surface area contributed by atoms with Crippen LogP contribution in [0.25, 0.3) is 0 Å². The standard InChI is InChI=1S/C11H15N3O3S/c1-14-7(15)5-6(8(14)16)13-10(17)11(9(12)18)3-2-4-11/h6H,2-5H2,1H3,(H2,12,18)(H,13,17). The number of rotatable bonds is 3. The number of nitrogens with two attached hydrogens (primary N) is 1. The van der Waals surface area contributed by atoms with E-state index in [1.165, 1.54) is 7.05 Å². The maximum absolute atomic E-state index is 12.1. The van der Waals surface area contributed by atoms with Gasteiger partial charge >= 0.3 is 0 Å². The van der Waals surface area contributed by atoms with Crippen molar-refractivity contribution in [3.05, 3.63) is 0 Å². The monoisotopic (exact) mass is 269 g/mol. The van der Waals surface area contributed by atoms with Crippen molar-refractivity contribution in [2.24, 2.45) is 11.1 Å². The number of hydrogen-bond donors (Lipinski definition) is 2. The quantitative estimate of drug-likeness (QED) is 0.523. The van der Waals surface area contributed by atoms with E-state index in [9.17, 15) is 14.4 Å². The van der Waals surface area contributed by atoms with Crippen molar-refractivity contribution in [1.82, 2.24) is 10.2 Å². The van der Waals surface area contributed by atoms with Gasteiger partial charge < -0.3 is 11.1 Å². The Labute approximate surface area is 110 Å². The highest BCUT2D eigenvalue weighted by molar-refractivity contribution is 7.80. The number of hydrogen-bond acceptors (Lipinski definition) is 4. The van der Waals surface area contributed by atoms with Crippen LogP contribution in [-0.2, 0) is 14.4 Å². The zero-order valence-electron chi connectivity index (χ0n) is 10.1. The van der Waals surface area contributed by atoms with Gasteiger partial charge in [-0.1, -0.05) is 18.6 Å². The number of likely N-dealkylation sites (N-methyl/N-ethyl adjacent to an activating group) is 1. The highest BCUT2D eigenvalue weighted by atomic mass is 32.1. The van der Waals surface area contributed by atoms with E-state index in [4.69, 9.17) is 18.0 Å². The van der Waals surface area contributed by atoms with Gasteiger partial charge in [0.1, 0.15) is 6.04 Å². The summed E-state index contributed by atoms with van der Waals surface area (Å²) in [5.41, 5.74) is 4.79. The summed E-state index contributed by atoms with van der Waals surface area (Å²) >= 11 is 4.93. The second-order valence-corrected chi connectivity index (χ2v) is 5.26. The zero-order chi connectivity index (χ0) is 13.5. The van der Waals surface area contributed by atoms with Crippen LogP contribution in [0.4, 0.5) is 0 Å². The highest BCUT2D eigenvalue weighted by Crippen LogP contribution is 2.41. The topological polar surface area (TPSA) is 92.5 Å². The fourth-order valence-corrected chi connectivity index (χ4v) is 2.58. The Morgan fingerprint density at radius 1 is 1.50 bits per heavy atom. The molecule has 0 spiro atoms. The Balaban J connectivity index is 2.07. The zero-order valence-corrected chi connectivity index (χ0v) is 10.9. The minimum Gasteiger partial charge on any atom is -0.392 e. The van der Waals surface area contributed by atoms with Gasteiger partial charge in [0.25, 0.3) is 5.91 Å². The van der Waals surface area contributed by atoms with Crippen molar-refractivity contribution < 1.29 is 14.4 Å². The van der Waals surface area contributed by atoms with Gasteiger partial charge in [0.15, 0.2) is 0 Å². The van der Waals surface area contributed by atoms with Crippen molar-refractivity contribution in [3.63, 3.8) is 0 Å². The Kier molecular flexibility index (Phi) is 3.10. The van der Waals surface area contributed by atoms with Gasteiger partial charge in [0, 0.05) is 7.05 Å². The number of carbonyl (C=O) groups excluding carboxylic acids is 3. The molecule has 0 aromatic rings. The average molecular weight is 269 g/mol. The molecule has 3 N–H and O–H groups in total. The van der Waals surface area contributed by atoms with Crippen LogP contribution in [0.1, 0.15) is 25.7 Å². The largest absolute Gasteiger partial charge is 0.392 e. The Hall–Kier alpha value is -1.50. The molecule has 2 fully saturated rings. The molecule has 1 aliphatic carbocycles. The minimum absolute atomic E-state index is 0.00842. The summed E-state index contributed by atoms with van der Waals surface area (Å²) in [5, 5.41) is 2.60. The van der Waals surface area contributed by atoms with Gasteiger partial charge in [-0.25, -0.2) is 0 Å². The molecule has 0 bridgehead atoms. The molecule has 1 aliphatic heterocycles. The predicted molar refractivity (Wildman–Crippen MR) is 67.4 cm³/mol. The molecule has 3 amide bonds. The second-order valence-electron chi connectivity index (χ2n) is 4.82. The van der Waals surface area contributed by atoms with Crippen molar-refractivity contribution in [3.8, 4) is 0 Å². The summed E-state index contributed by atoms with van der Waals surface area (Å²) in [4.78, 5) is 36.4. The molecular formula is C11H15N3O3S. The van der Waals surface area contributed by atoms with E-state index in [2.05, 4.69) is 5.32 Å². The van der Waals surface area contributed by atoms with Crippen LogP contribution in [0.15, 0.2) is 0 Å². The molecule has 18 heavy (non-hydrogen) atoms. The third-order valence-corrected chi connectivity index (χ3v) is 4.19. The van der Waals surface area contributed by atoms with Gasteiger partial charge in [-0.05, 0) is 12.8 Å². The molecule has 1 heterocycles. The summed E-state index contributed by atoms with van der Waals surface area (Å²) in [6.07, 6.45) is 2.12. The first-order valence-electron chi connectivity index (χ1n) is 5.80. The van der Waals surface area contributed by atoms with Crippen molar-refractivity contribution >= 4 is 34.9 Å². The molecular weight excluding hydrogens is 254 g/mol. The number of amides is 3. The summed E-state index contributed by atoms with van der Waals surface area (Å²) < 4.78 is 0. The van der Waals surface area contributed by atoms with Crippen LogP contribution in [0.5, 0.6) is 0 Å². The van der Waals surface area contributed by atoms with Gasteiger partial charge in [-0.2, -0.15) is 0 Å². The van der Waals surface area contributed by atoms with Gasteiger partial charge in [0.2, 0.25) is 11.8 Å². The summed E-state index contributed by atoms with van der Waals surface area (Å²) in [6, 6.07) is -0.776. The summed E-state index contributed by atoms with van der Waals surface area (Å²) in [5.74, 6) is -1.00. The molecule has 2 aliphatic rings. The minimum atomic E-state index is -0.820. The first kappa shape index (κ1) is 12.9. The third-order valence-electron chi connectivity index (χ3n) is 3.80. The number of thiocarbonyl (C=S) groups is 1. The Morgan fingerprint density at radius 2 is 2.11 bits per heavy atom. The average Bonchev–Trinajstić information content (AvgIpc) is 2.44. The van der Waals surface area contributed by atoms with Crippen LogP contribution in [-0.4, -0.2) is 40.7 Å². The fourth-order valence-electron chi connectivity index (χ4n) is 2.28. The van der Waals surface area contributed by atoms with Gasteiger partial charge in [0.05, 0.1) is 16.8 Å². The fraction of sp³-hybridized carbons (Fsp3) is 0.636. The van der Waals surface area contributed by atoms with Crippen molar-refractivity contribution in [2.45, 2.75) is 31.7 Å². The lowest BCUT2D eigenvalue weighted by molar-refractivity contribution is -0.139.